The Labute approximate surface area is 184 Å². The van der Waals surface area contributed by atoms with E-state index in [4.69, 9.17) is 11.6 Å². The number of rotatable bonds is 6. The van der Waals surface area contributed by atoms with Crippen LogP contribution < -0.4 is 5.32 Å². The Kier molecular flexibility index (Phi) is 10.8. The Hall–Kier alpha value is -0.680. The van der Waals surface area contributed by atoms with Crippen molar-refractivity contribution in [1.29, 1.82) is 0 Å². The molecule has 27 heavy (non-hydrogen) atoms. The van der Waals surface area contributed by atoms with Crippen molar-refractivity contribution in [3.63, 3.8) is 0 Å². The van der Waals surface area contributed by atoms with Gasteiger partial charge in [0, 0.05) is 47.0 Å². The van der Waals surface area contributed by atoms with Gasteiger partial charge in [0.1, 0.15) is 0 Å². The summed E-state index contributed by atoms with van der Waals surface area (Å²) in [5, 5.41) is 4.23. The van der Waals surface area contributed by atoms with Crippen molar-refractivity contribution in [3.8, 4) is 0 Å². The van der Waals surface area contributed by atoms with E-state index in [1.807, 2.05) is 23.9 Å². The number of piperazine rings is 1. The molecule has 1 fully saturated rings. The minimum atomic E-state index is 0. The van der Waals surface area contributed by atoms with Gasteiger partial charge in [0.2, 0.25) is 0 Å². The van der Waals surface area contributed by atoms with Crippen LogP contribution in [0.1, 0.15) is 24.9 Å². The van der Waals surface area contributed by atoms with E-state index in [9.17, 15) is 0 Å². The van der Waals surface area contributed by atoms with Crippen molar-refractivity contribution in [3.05, 3.63) is 71.3 Å². The quantitative estimate of drug-likeness (QED) is 0.529. The summed E-state index contributed by atoms with van der Waals surface area (Å²) in [5.74, 6) is 0. The van der Waals surface area contributed by atoms with Crippen molar-refractivity contribution in [2.45, 2.75) is 29.2 Å². The molecule has 0 radical (unpaired) electrons. The molecule has 2 aromatic carbocycles. The van der Waals surface area contributed by atoms with Crippen LogP contribution in [-0.2, 0) is 0 Å². The van der Waals surface area contributed by atoms with E-state index in [0.717, 1.165) is 37.6 Å². The first-order valence-corrected chi connectivity index (χ1v) is 9.94. The van der Waals surface area contributed by atoms with Gasteiger partial charge < -0.3 is 5.32 Å². The van der Waals surface area contributed by atoms with Crippen LogP contribution >= 0.6 is 48.2 Å². The third-order valence-electron chi connectivity index (χ3n) is 4.45. The number of hydrogen-bond donors (Lipinski definition) is 1. The molecule has 1 atom stereocenters. The van der Waals surface area contributed by atoms with Crippen LogP contribution in [0.2, 0.25) is 5.02 Å². The highest BCUT2D eigenvalue weighted by Gasteiger charge is 2.24. The van der Waals surface area contributed by atoms with E-state index >= 15 is 0 Å². The summed E-state index contributed by atoms with van der Waals surface area (Å²) >= 11 is 7.84. The Balaban J connectivity index is 0.00000182. The third-order valence-corrected chi connectivity index (χ3v) is 5.81. The largest absolute Gasteiger partial charge is 0.314 e. The summed E-state index contributed by atoms with van der Waals surface area (Å²) in [6.07, 6.45) is 0.998. The van der Waals surface area contributed by atoms with E-state index < -0.39 is 0 Å². The first-order valence-electron chi connectivity index (χ1n) is 8.75. The van der Waals surface area contributed by atoms with E-state index in [0.29, 0.717) is 6.04 Å². The van der Waals surface area contributed by atoms with E-state index in [1.54, 1.807) is 0 Å². The van der Waals surface area contributed by atoms with Crippen molar-refractivity contribution >= 4 is 48.2 Å². The standard InChI is InChI=1S/C21H25ClN2S.2ClH/c1-16(2)15-20(24-13-11-23-12-14-24)19-5-3-4-6-21(19)25-18-9-7-17(22)8-10-18;;/h3-10,20,23H,1,11-15H2,2H3;2*1H/t20-;;/m1../s1. The minimum Gasteiger partial charge on any atom is -0.314 e. The molecule has 0 saturated carbocycles. The second kappa shape index (κ2) is 12.0. The molecule has 0 bridgehead atoms. The molecule has 0 spiro atoms. The molecule has 6 heteroatoms. The summed E-state index contributed by atoms with van der Waals surface area (Å²) in [4.78, 5) is 5.12. The van der Waals surface area contributed by atoms with Gasteiger partial charge in [0.15, 0.2) is 0 Å². The molecule has 0 amide bonds. The van der Waals surface area contributed by atoms with E-state index in [2.05, 4.69) is 60.1 Å². The highest BCUT2D eigenvalue weighted by Crippen LogP contribution is 2.38. The van der Waals surface area contributed by atoms with Gasteiger partial charge in [-0.25, -0.2) is 0 Å². The SMILES string of the molecule is C=C(C)C[C@H](c1ccccc1Sc1ccc(Cl)cc1)N1CCNCC1.Cl.Cl. The topological polar surface area (TPSA) is 15.3 Å². The fraction of sp³-hybridized carbons (Fsp3) is 0.333. The van der Waals surface area contributed by atoms with E-state index in [1.165, 1.54) is 20.9 Å². The van der Waals surface area contributed by atoms with Gasteiger partial charge in [0.05, 0.1) is 0 Å². The number of benzene rings is 2. The fourth-order valence-corrected chi connectivity index (χ4v) is 4.36. The van der Waals surface area contributed by atoms with E-state index in [-0.39, 0.29) is 24.8 Å². The molecule has 148 valence electrons. The molecule has 1 N–H and O–H groups in total. The Morgan fingerprint density at radius 2 is 1.74 bits per heavy atom. The highest BCUT2D eigenvalue weighted by atomic mass is 35.5. The first kappa shape index (κ1) is 24.4. The lowest BCUT2D eigenvalue weighted by atomic mass is 9.98. The van der Waals surface area contributed by atoms with Gasteiger partial charge in [-0.15, -0.1) is 31.4 Å². The van der Waals surface area contributed by atoms with Crippen LogP contribution in [0.15, 0.2) is 70.5 Å². The molecule has 0 aliphatic carbocycles. The summed E-state index contributed by atoms with van der Waals surface area (Å²) in [7, 11) is 0. The summed E-state index contributed by atoms with van der Waals surface area (Å²) in [5.41, 5.74) is 2.63. The van der Waals surface area contributed by atoms with Crippen LogP contribution in [-0.4, -0.2) is 31.1 Å². The zero-order valence-corrected chi connectivity index (χ0v) is 18.7. The van der Waals surface area contributed by atoms with Crippen LogP contribution in [0, 0.1) is 0 Å². The predicted molar refractivity (Wildman–Crippen MR) is 123 cm³/mol. The maximum atomic E-state index is 6.02. The monoisotopic (exact) mass is 444 g/mol. The second-order valence-corrected chi connectivity index (χ2v) is 8.11. The third kappa shape index (κ3) is 7.01. The number of halogens is 3. The second-order valence-electron chi connectivity index (χ2n) is 6.56. The van der Waals surface area contributed by atoms with Crippen LogP contribution in [0.4, 0.5) is 0 Å². The van der Waals surface area contributed by atoms with Gasteiger partial charge in [0.25, 0.3) is 0 Å². The zero-order valence-electron chi connectivity index (χ0n) is 15.5. The number of nitrogens with one attached hydrogen (secondary N) is 1. The maximum Gasteiger partial charge on any atom is 0.0406 e. The summed E-state index contributed by atoms with van der Waals surface area (Å²) < 4.78 is 0. The molecule has 1 heterocycles. The van der Waals surface area contributed by atoms with Gasteiger partial charge in [-0.2, -0.15) is 0 Å². The maximum absolute atomic E-state index is 6.02. The number of hydrogen-bond acceptors (Lipinski definition) is 3. The van der Waals surface area contributed by atoms with Gasteiger partial charge in [-0.05, 0) is 49.2 Å². The highest BCUT2D eigenvalue weighted by molar-refractivity contribution is 7.99. The molecule has 0 unspecified atom stereocenters. The van der Waals surface area contributed by atoms with Gasteiger partial charge in [-0.3, -0.25) is 4.90 Å². The molecule has 2 aromatic rings. The van der Waals surface area contributed by atoms with Crippen molar-refractivity contribution < 1.29 is 0 Å². The Morgan fingerprint density at radius 3 is 2.37 bits per heavy atom. The molecule has 2 nitrogen and oxygen atoms in total. The molecule has 1 aliphatic heterocycles. The fourth-order valence-electron chi connectivity index (χ4n) is 3.24. The number of nitrogens with zero attached hydrogens (tertiary/aromatic N) is 1. The summed E-state index contributed by atoms with van der Waals surface area (Å²) in [6.45, 7) is 10.6. The zero-order chi connectivity index (χ0) is 17.6. The molecular formula is C21H27Cl3N2S. The van der Waals surface area contributed by atoms with Crippen LogP contribution in [0.3, 0.4) is 0 Å². The minimum absolute atomic E-state index is 0. The van der Waals surface area contributed by atoms with Gasteiger partial charge >= 0.3 is 0 Å². The lowest BCUT2D eigenvalue weighted by Crippen LogP contribution is -2.45. The summed E-state index contributed by atoms with van der Waals surface area (Å²) in [6, 6.07) is 17.2. The Bertz CT molecular complexity index is 716. The lowest BCUT2D eigenvalue weighted by molar-refractivity contribution is 0.170. The molecule has 1 aliphatic rings. The molecular weight excluding hydrogens is 419 g/mol. The molecule has 1 saturated heterocycles. The van der Waals surface area contributed by atoms with Gasteiger partial charge in [-0.1, -0.05) is 47.1 Å². The van der Waals surface area contributed by atoms with Crippen molar-refractivity contribution in [2.24, 2.45) is 0 Å². The molecule has 3 rings (SSSR count). The average molecular weight is 446 g/mol. The Morgan fingerprint density at radius 1 is 1.11 bits per heavy atom. The van der Waals surface area contributed by atoms with Crippen molar-refractivity contribution in [2.75, 3.05) is 26.2 Å². The molecule has 0 aromatic heterocycles. The normalized spacial score (nSPS) is 15.3. The predicted octanol–water partition coefficient (Wildman–Crippen LogP) is 6.25. The van der Waals surface area contributed by atoms with Crippen LogP contribution in [0.5, 0.6) is 0 Å². The van der Waals surface area contributed by atoms with Crippen LogP contribution in [0.25, 0.3) is 0 Å². The smallest absolute Gasteiger partial charge is 0.0406 e. The average Bonchev–Trinajstić information content (AvgIpc) is 2.63. The van der Waals surface area contributed by atoms with Crippen molar-refractivity contribution in [1.82, 2.24) is 10.2 Å². The lowest BCUT2D eigenvalue weighted by Gasteiger charge is -2.36. The first-order chi connectivity index (χ1) is 12.1.